The van der Waals surface area contributed by atoms with Gasteiger partial charge in [-0.15, -0.1) is 0 Å². The Morgan fingerprint density at radius 1 is 1.10 bits per heavy atom. The van der Waals surface area contributed by atoms with Crippen LogP contribution < -0.4 is 0 Å². The molecule has 110 valence electrons. The van der Waals surface area contributed by atoms with Gasteiger partial charge in [0.1, 0.15) is 0 Å². The van der Waals surface area contributed by atoms with Crippen LogP contribution in [0.2, 0.25) is 0 Å². The van der Waals surface area contributed by atoms with E-state index in [2.05, 4.69) is 0 Å². The fourth-order valence-corrected chi connectivity index (χ4v) is 3.80. The molecule has 1 aliphatic heterocycles. The lowest BCUT2D eigenvalue weighted by Gasteiger charge is -2.13. The van der Waals surface area contributed by atoms with Crippen molar-refractivity contribution in [2.75, 3.05) is 14.1 Å². The van der Waals surface area contributed by atoms with Crippen molar-refractivity contribution in [2.45, 2.75) is 32.9 Å². The smallest absolute Gasteiger partial charge is 0.195 e. The Bertz CT molecular complexity index is 617. The number of rotatable bonds is 4. The van der Waals surface area contributed by atoms with E-state index in [1.807, 2.05) is 51.1 Å². The molecule has 1 aromatic carbocycles. The van der Waals surface area contributed by atoms with E-state index >= 15 is 0 Å². The summed E-state index contributed by atoms with van der Waals surface area (Å²) in [6.07, 6.45) is 0. The molecule has 2 rings (SSSR count). The molecule has 0 bridgehead atoms. The molecule has 4 nitrogen and oxygen atoms in total. The first-order chi connectivity index (χ1) is 9.28. The van der Waals surface area contributed by atoms with Crippen LogP contribution in [-0.2, 0) is 10.2 Å². The second kappa shape index (κ2) is 5.31. The monoisotopic (exact) mass is 294 g/mol. The molecule has 1 fully saturated rings. The van der Waals surface area contributed by atoms with Gasteiger partial charge in [-0.2, -0.15) is 17.0 Å². The number of hydrogen-bond acceptors (Lipinski definition) is 2. The maximum absolute atomic E-state index is 12.4. The minimum atomic E-state index is -3.40. The van der Waals surface area contributed by atoms with Crippen molar-refractivity contribution in [2.24, 2.45) is 0 Å². The van der Waals surface area contributed by atoms with Gasteiger partial charge < -0.3 is 0 Å². The van der Waals surface area contributed by atoms with Crippen molar-refractivity contribution in [3.63, 3.8) is 0 Å². The fraction of sp³-hybridized carbons (Fsp3) is 0.467. The topological polar surface area (TPSA) is 40.4 Å². The van der Waals surface area contributed by atoms with E-state index in [4.69, 9.17) is 0 Å². The van der Waals surface area contributed by atoms with Crippen LogP contribution in [0.15, 0.2) is 41.5 Å². The largest absolute Gasteiger partial charge is 0.282 e. The third-order valence-corrected chi connectivity index (χ3v) is 5.77. The Balaban J connectivity index is 2.43. The zero-order valence-corrected chi connectivity index (χ0v) is 13.5. The summed E-state index contributed by atoms with van der Waals surface area (Å²) in [6.45, 7) is 6.06. The van der Waals surface area contributed by atoms with Crippen LogP contribution in [0.3, 0.4) is 0 Å². The van der Waals surface area contributed by atoms with Crippen molar-refractivity contribution >= 4 is 10.2 Å². The summed E-state index contributed by atoms with van der Waals surface area (Å²) in [7, 11) is -0.248. The Kier molecular flexibility index (Phi) is 4.04. The molecule has 5 heteroatoms. The summed E-state index contributed by atoms with van der Waals surface area (Å²) >= 11 is 0. The van der Waals surface area contributed by atoms with Crippen LogP contribution in [0.5, 0.6) is 0 Å². The van der Waals surface area contributed by atoms with E-state index in [1.165, 1.54) is 9.88 Å². The Morgan fingerprint density at radius 2 is 1.65 bits per heavy atom. The van der Waals surface area contributed by atoms with Crippen LogP contribution >= 0.6 is 0 Å². The molecule has 1 heterocycles. The van der Waals surface area contributed by atoms with Crippen molar-refractivity contribution in [3.05, 3.63) is 47.0 Å². The number of hydrogen-bond donors (Lipinski definition) is 0. The van der Waals surface area contributed by atoms with Gasteiger partial charge in [-0.25, -0.2) is 0 Å². The Hall–Kier alpha value is -1.17. The van der Waals surface area contributed by atoms with Gasteiger partial charge in [0, 0.05) is 14.1 Å². The zero-order valence-electron chi connectivity index (χ0n) is 12.7. The van der Waals surface area contributed by atoms with E-state index in [-0.39, 0.29) is 12.1 Å². The minimum Gasteiger partial charge on any atom is -0.195 e. The molecular formula is C15H22N2O2S. The lowest BCUT2D eigenvalue weighted by atomic mass is 10.0. The van der Waals surface area contributed by atoms with E-state index in [9.17, 15) is 8.42 Å². The van der Waals surface area contributed by atoms with Crippen molar-refractivity contribution in [3.8, 4) is 0 Å². The molecule has 3 atom stereocenters. The van der Waals surface area contributed by atoms with Crippen LogP contribution in [0.1, 0.15) is 32.4 Å². The second-order valence-electron chi connectivity index (χ2n) is 5.60. The summed E-state index contributed by atoms with van der Waals surface area (Å²) in [5.74, 6) is 0. The summed E-state index contributed by atoms with van der Waals surface area (Å²) < 4.78 is 27.8. The molecule has 0 N–H and O–H groups in total. The number of allylic oxidation sites excluding steroid dienone is 1. The normalized spacial score (nSPS) is 25.6. The maximum atomic E-state index is 12.4. The molecule has 0 radical (unpaired) electrons. The lowest BCUT2D eigenvalue weighted by molar-refractivity contribution is 0.475. The van der Waals surface area contributed by atoms with Crippen LogP contribution in [0.25, 0.3) is 0 Å². The van der Waals surface area contributed by atoms with Gasteiger partial charge in [0.15, 0.2) is 0 Å². The zero-order chi connectivity index (χ0) is 15.1. The predicted molar refractivity (Wildman–Crippen MR) is 81.5 cm³/mol. The second-order valence-corrected chi connectivity index (χ2v) is 7.65. The van der Waals surface area contributed by atoms with E-state index < -0.39 is 10.2 Å². The van der Waals surface area contributed by atoms with Gasteiger partial charge in [0.2, 0.25) is 0 Å². The molecule has 0 aromatic heterocycles. The van der Waals surface area contributed by atoms with Gasteiger partial charge in [0.05, 0.1) is 12.1 Å². The SMILES string of the molecule is CC(C)=C(C)[C@H]1[C@@H](c2ccccc2)N1S(=O)(=O)N(C)C. The third kappa shape index (κ3) is 2.53. The molecular weight excluding hydrogens is 272 g/mol. The summed E-state index contributed by atoms with van der Waals surface area (Å²) in [6, 6.07) is 9.67. The van der Waals surface area contributed by atoms with Gasteiger partial charge in [-0.05, 0) is 26.3 Å². The highest BCUT2D eigenvalue weighted by molar-refractivity contribution is 7.87. The van der Waals surface area contributed by atoms with Crippen molar-refractivity contribution < 1.29 is 8.42 Å². The molecule has 0 saturated carbocycles. The van der Waals surface area contributed by atoms with E-state index in [1.54, 1.807) is 18.4 Å². The average molecular weight is 294 g/mol. The third-order valence-electron chi connectivity index (χ3n) is 3.86. The number of benzene rings is 1. The summed E-state index contributed by atoms with van der Waals surface area (Å²) in [5.41, 5.74) is 3.35. The predicted octanol–water partition coefficient (Wildman–Crippen LogP) is 2.57. The van der Waals surface area contributed by atoms with Crippen LogP contribution in [0.4, 0.5) is 0 Å². The highest BCUT2D eigenvalue weighted by atomic mass is 32.2. The van der Waals surface area contributed by atoms with Gasteiger partial charge >= 0.3 is 0 Å². The van der Waals surface area contributed by atoms with Crippen LogP contribution in [0, 0.1) is 0 Å². The molecule has 1 aromatic rings. The molecule has 0 aliphatic carbocycles. The van der Waals surface area contributed by atoms with E-state index in [0.717, 1.165) is 11.1 Å². The molecule has 20 heavy (non-hydrogen) atoms. The Labute approximate surface area is 121 Å². The Morgan fingerprint density at radius 3 is 2.10 bits per heavy atom. The first kappa shape index (κ1) is 15.2. The average Bonchev–Trinajstić information content (AvgIpc) is 3.14. The first-order valence-electron chi connectivity index (χ1n) is 6.68. The highest BCUT2D eigenvalue weighted by Gasteiger charge is 2.57. The molecule has 1 unspecified atom stereocenters. The van der Waals surface area contributed by atoms with Crippen molar-refractivity contribution in [1.29, 1.82) is 0 Å². The van der Waals surface area contributed by atoms with Gasteiger partial charge in [-0.1, -0.05) is 41.5 Å². The summed E-state index contributed by atoms with van der Waals surface area (Å²) in [5, 5.41) is 0. The van der Waals surface area contributed by atoms with Gasteiger partial charge in [-0.3, -0.25) is 0 Å². The fourth-order valence-electron chi connectivity index (χ4n) is 2.39. The first-order valence-corrected chi connectivity index (χ1v) is 8.08. The molecule has 0 spiro atoms. The highest BCUT2D eigenvalue weighted by Crippen LogP contribution is 2.50. The van der Waals surface area contributed by atoms with Gasteiger partial charge in [0.25, 0.3) is 10.2 Å². The summed E-state index contributed by atoms with van der Waals surface area (Å²) in [4.78, 5) is 0. The lowest BCUT2D eigenvalue weighted by Crippen LogP contribution is -2.30. The maximum Gasteiger partial charge on any atom is 0.282 e. The quantitative estimate of drug-likeness (QED) is 0.632. The van der Waals surface area contributed by atoms with Crippen LogP contribution in [-0.4, -0.2) is 37.2 Å². The van der Waals surface area contributed by atoms with Crippen molar-refractivity contribution in [1.82, 2.24) is 8.61 Å². The molecule has 1 saturated heterocycles. The molecule has 1 aliphatic rings. The standard InChI is InChI=1S/C15H22N2O2S/c1-11(2)12(3)14-15(13-9-7-6-8-10-13)17(14)20(18,19)16(4)5/h6-10,14-15H,1-5H3/t14-,15+,17?/m0/s1. The number of nitrogens with zero attached hydrogens (tertiary/aromatic N) is 2. The molecule has 0 amide bonds. The van der Waals surface area contributed by atoms with E-state index in [0.29, 0.717) is 0 Å². The minimum absolute atomic E-state index is 0.0604.